The predicted molar refractivity (Wildman–Crippen MR) is 94.2 cm³/mol. The molecule has 3 aromatic rings. The largest absolute Gasteiger partial charge is 0.455 e. The lowest BCUT2D eigenvalue weighted by atomic mass is 10.2. The molecule has 0 aliphatic carbocycles. The van der Waals surface area contributed by atoms with Crippen LogP contribution in [0.1, 0.15) is 12.7 Å². The summed E-state index contributed by atoms with van der Waals surface area (Å²) in [7, 11) is 0. The Hall–Kier alpha value is -2.73. The van der Waals surface area contributed by atoms with Crippen LogP contribution in [0, 0.1) is 5.82 Å². The minimum absolute atomic E-state index is 0.298. The molecule has 3 rings (SSSR count). The highest BCUT2D eigenvalue weighted by Gasteiger charge is 2.06. The lowest BCUT2D eigenvalue weighted by molar-refractivity contribution is 0.603. The Morgan fingerprint density at radius 1 is 1.13 bits per heavy atom. The molecule has 0 aliphatic rings. The smallest absolute Gasteiger partial charge is 0.191 e. The fourth-order valence-corrected chi connectivity index (χ4v) is 2.21. The summed E-state index contributed by atoms with van der Waals surface area (Å²) in [6, 6.07) is 15.6. The molecule has 23 heavy (non-hydrogen) atoms. The molecule has 6 heteroatoms. The van der Waals surface area contributed by atoms with Crippen molar-refractivity contribution in [1.82, 2.24) is 5.43 Å². The van der Waals surface area contributed by atoms with Gasteiger partial charge in [-0.15, -0.1) is 0 Å². The molecule has 0 bridgehead atoms. The van der Waals surface area contributed by atoms with Crippen molar-refractivity contribution in [2.45, 2.75) is 6.92 Å². The van der Waals surface area contributed by atoms with Crippen LogP contribution in [0.25, 0.3) is 11.0 Å². The van der Waals surface area contributed by atoms with E-state index in [2.05, 4.69) is 15.8 Å². The summed E-state index contributed by atoms with van der Waals surface area (Å²) in [6.07, 6.45) is 0. The Balaban J connectivity index is 1.66. The molecule has 4 nitrogen and oxygen atoms in total. The maximum Gasteiger partial charge on any atom is 0.191 e. The van der Waals surface area contributed by atoms with Crippen molar-refractivity contribution in [1.29, 1.82) is 0 Å². The van der Waals surface area contributed by atoms with E-state index in [0.29, 0.717) is 22.3 Å². The minimum atomic E-state index is -0.298. The van der Waals surface area contributed by atoms with Gasteiger partial charge < -0.3 is 9.73 Å². The van der Waals surface area contributed by atoms with E-state index in [1.807, 2.05) is 37.3 Å². The Labute approximate surface area is 138 Å². The number of anilines is 1. The fraction of sp³-hybridized carbons (Fsp3) is 0.0588. The van der Waals surface area contributed by atoms with Crippen LogP contribution in [0.5, 0.6) is 0 Å². The molecule has 116 valence electrons. The van der Waals surface area contributed by atoms with E-state index in [1.54, 1.807) is 12.1 Å². The molecule has 0 fully saturated rings. The second-order valence-electron chi connectivity index (χ2n) is 4.92. The molecule has 1 aromatic heterocycles. The molecule has 1 heterocycles. The van der Waals surface area contributed by atoms with E-state index in [-0.39, 0.29) is 5.82 Å². The Bertz CT molecular complexity index is 838. The second kappa shape index (κ2) is 6.58. The molecule has 0 amide bonds. The van der Waals surface area contributed by atoms with Gasteiger partial charge in [0.2, 0.25) is 0 Å². The highest BCUT2D eigenvalue weighted by atomic mass is 32.1. The van der Waals surface area contributed by atoms with Crippen molar-refractivity contribution in [2.24, 2.45) is 5.10 Å². The number of halogens is 1. The van der Waals surface area contributed by atoms with Gasteiger partial charge in [-0.05, 0) is 55.5 Å². The lowest BCUT2D eigenvalue weighted by Crippen LogP contribution is -2.24. The molecule has 0 saturated heterocycles. The first-order valence-corrected chi connectivity index (χ1v) is 7.38. The maximum atomic E-state index is 12.8. The van der Waals surface area contributed by atoms with Crippen LogP contribution in [-0.2, 0) is 0 Å². The number of thiocarbonyl (C=S) groups is 1. The zero-order valence-corrected chi connectivity index (χ0v) is 13.2. The van der Waals surface area contributed by atoms with Gasteiger partial charge in [-0.3, -0.25) is 5.43 Å². The molecule has 0 saturated carbocycles. The van der Waals surface area contributed by atoms with Gasteiger partial charge in [0.25, 0.3) is 0 Å². The average Bonchev–Trinajstić information content (AvgIpc) is 2.99. The summed E-state index contributed by atoms with van der Waals surface area (Å²) in [5, 5.41) is 8.45. The number of nitrogens with zero attached hydrogens (tertiary/aromatic N) is 1. The third-order valence-electron chi connectivity index (χ3n) is 3.21. The van der Waals surface area contributed by atoms with E-state index < -0.39 is 0 Å². The summed E-state index contributed by atoms with van der Waals surface area (Å²) in [4.78, 5) is 0. The first-order chi connectivity index (χ1) is 11.1. The van der Waals surface area contributed by atoms with E-state index in [0.717, 1.165) is 11.0 Å². The molecule has 0 aliphatic heterocycles. The number of rotatable bonds is 3. The number of furan rings is 1. The number of hydrazone groups is 1. The number of para-hydroxylation sites is 1. The zero-order chi connectivity index (χ0) is 16.2. The van der Waals surface area contributed by atoms with Gasteiger partial charge in [0, 0.05) is 11.1 Å². The van der Waals surface area contributed by atoms with Crippen LogP contribution < -0.4 is 10.7 Å². The highest BCUT2D eigenvalue weighted by molar-refractivity contribution is 7.80. The van der Waals surface area contributed by atoms with Crippen molar-refractivity contribution < 1.29 is 8.81 Å². The summed E-state index contributed by atoms with van der Waals surface area (Å²) in [5.41, 5.74) is 4.90. The third-order valence-corrected chi connectivity index (χ3v) is 3.40. The van der Waals surface area contributed by atoms with Gasteiger partial charge in [-0.2, -0.15) is 5.10 Å². The Morgan fingerprint density at radius 3 is 2.61 bits per heavy atom. The summed E-state index contributed by atoms with van der Waals surface area (Å²) >= 11 is 5.15. The van der Waals surface area contributed by atoms with Gasteiger partial charge in [-0.1, -0.05) is 18.2 Å². The average molecular weight is 327 g/mol. The van der Waals surface area contributed by atoms with Gasteiger partial charge >= 0.3 is 0 Å². The van der Waals surface area contributed by atoms with Crippen LogP contribution in [0.2, 0.25) is 0 Å². The molecule has 2 N–H and O–H groups in total. The van der Waals surface area contributed by atoms with Crippen molar-refractivity contribution in [3.8, 4) is 0 Å². The highest BCUT2D eigenvalue weighted by Crippen LogP contribution is 2.19. The minimum Gasteiger partial charge on any atom is -0.455 e. The Morgan fingerprint density at radius 2 is 1.87 bits per heavy atom. The van der Waals surface area contributed by atoms with E-state index in [1.165, 1.54) is 12.1 Å². The molecule has 0 spiro atoms. The molecule has 0 unspecified atom stereocenters. The van der Waals surface area contributed by atoms with E-state index in [4.69, 9.17) is 16.6 Å². The van der Waals surface area contributed by atoms with Gasteiger partial charge in [0.15, 0.2) is 10.9 Å². The first kappa shape index (κ1) is 15.2. The molecule has 0 radical (unpaired) electrons. The number of hydrogen-bond acceptors (Lipinski definition) is 3. The quantitative estimate of drug-likeness (QED) is 0.428. The normalized spacial score (nSPS) is 11.5. The number of fused-ring (bicyclic) bond motifs is 1. The van der Waals surface area contributed by atoms with Gasteiger partial charge in [-0.25, -0.2) is 4.39 Å². The number of nitrogens with one attached hydrogen (secondary N) is 2. The second-order valence-corrected chi connectivity index (χ2v) is 5.33. The number of benzene rings is 2. The predicted octanol–water partition coefficient (Wildman–Crippen LogP) is 4.28. The van der Waals surface area contributed by atoms with Crippen molar-refractivity contribution in [3.63, 3.8) is 0 Å². The van der Waals surface area contributed by atoms with Crippen LogP contribution in [0.4, 0.5) is 10.1 Å². The summed E-state index contributed by atoms with van der Waals surface area (Å²) in [6.45, 7) is 1.82. The van der Waals surface area contributed by atoms with E-state index in [9.17, 15) is 4.39 Å². The summed E-state index contributed by atoms with van der Waals surface area (Å²) < 4.78 is 18.6. The molecular weight excluding hydrogens is 313 g/mol. The molecular formula is C17H14FN3OS. The first-order valence-electron chi connectivity index (χ1n) is 6.97. The van der Waals surface area contributed by atoms with Gasteiger partial charge in [0.1, 0.15) is 17.1 Å². The van der Waals surface area contributed by atoms with Crippen LogP contribution in [0.15, 0.2) is 64.1 Å². The molecule has 2 aromatic carbocycles. The SMILES string of the molecule is C/C(=N/NC(=S)Nc1ccc(F)cc1)c1cc2ccccc2o1. The van der Waals surface area contributed by atoms with Crippen molar-refractivity contribution in [3.05, 3.63) is 66.2 Å². The lowest BCUT2D eigenvalue weighted by Gasteiger charge is -2.07. The van der Waals surface area contributed by atoms with Crippen LogP contribution >= 0.6 is 12.2 Å². The summed E-state index contributed by atoms with van der Waals surface area (Å²) in [5.74, 6) is 0.372. The fourth-order valence-electron chi connectivity index (χ4n) is 2.04. The topological polar surface area (TPSA) is 49.6 Å². The zero-order valence-electron chi connectivity index (χ0n) is 12.3. The number of hydrogen-bond donors (Lipinski definition) is 2. The standard InChI is InChI=1S/C17H14FN3OS/c1-11(16-10-12-4-2-3-5-15(12)22-16)20-21-17(23)19-14-8-6-13(18)7-9-14/h2-10H,1H3,(H2,19,21,23)/b20-11-. The monoisotopic (exact) mass is 327 g/mol. The van der Waals surface area contributed by atoms with E-state index >= 15 is 0 Å². The van der Waals surface area contributed by atoms with Crippen molar-refractivity contribution in [2.75, 3.05) is 5.32 Å². The van der Waals surface area contributed by atoms with Crippen molar-refractivity contribution >= 4 is 39.7 Å². The Kier molecular flexibility index (Phi) is 4.34. The van der Waals surface area contributed by atoms with Crippen LogP contribution in [-0.4, -0.2) is 10.8 Å². The third kappa shape index (κ3) is 3.73. The van der Waals surface area contributed by atoms with Gasteiger partial charge in [0.05, 0.1) is 0 Å². The van der Waals surface area contributed by atoms with Crippen LogP contribution in [0.3, 0.4) is 0 Å². The molecule has 0 atom stereocenters. The maximum absolute atomic E-state index is 12.8.